The van der Waals surface area contributed by atoms with Gasteiger partial charge in [0, 0.05) is 31.1 Å². The molecule has 1 aliphatic heterocycles. The highest BCUT2D eigenvalue weighted by molar-refractivity contribution is 5.84. The van der Waals surface area contributed by atoms with Crippen molar-refractivity contribution in [1.82, 2.24) is 9.55 Å². The van der Waals surface area contributed by atoms with Gasteiger partial charge in [-0.1, -0.05) is 0 Å². The minimum Gasteiger partial charge on any atom is -0.315 e. The number of rotatable bonds is 0. The maximum absolute atomic E-state index is 4.27. The highest BCUT2D eigenvalue weighted by Gasteiger charge is 2.06. The zero-order chi connectivity index (χ0) is 6.97. The first-order chi connectivity index (χ1) is 4.86. The van der Waals surface area contributed by atoms with Crippen LogP contribution in [0.3, 0.4) is 0 Å². The van der Waals surface area contributed by atoms with Crippen LogP contribution < -0.4 is 0 Å². The summed E-state index contributed by atoms with van der Waals surface area (Å²) in [5, 5.41) is 0. The van der Waals surface area contributed by atoms with Crippen LogP contribution in [-0.2, 0) is 6.54 Å². The predicted molar refractivity (Wildman–Crippen MR) is 39.6 cm³/mol. The van der Waals surface area contributed by atoms with Crippen LogP contribution in [0.25, 0.3) is 0 Å². The Morgan fingerprint density at radius 2 is 2.50 bits per heavy atom. The number of aromatic nitrogens is 2. The van der Waals surface area contributed by atoms with Crippen molar-refractivity contribution in [1.29, 1.82) is 0 Å². The van der Waals surface area contributed by atoms with E-state index in [0.29, 0.717) is 0 Å². The Hall–Kier alpha value is -1.12. The fourth-order valence-corrected chi connectivity index (χ4v) is 1.10. The van der Waals surface area contributed by atoms with Crippen molar-refractivity contribution in [3.05, 3.63) is 12.4 Å². The Morgan fingerprint density at radius 3 is 3.40 bits per heavy atom. The number of imidazole rings is 1. The van der Waals surface area contributed by atoms with Gasteiger partial charge >= 0.3 is 0 Å². The van der Waals surface area contributed by atoms with Crippen molar-refractivity contribution < 1.29 is 0 Å². The molecule has 10 heavy (non-hydrogen) atoms. The second-order valence-corrected chi connectivity index (χ2v) is 2.52. The molecule has 52 valence electrons. The second-order valence-electron chi connectivity index (χ2n) is 2.52. The summed E-state index contributed by atoms with van der Waals surface area (Å²) in [5.41, 5.74) is 1.18. The molecule has 0 N–H and O–H groups in total. The van der Waals surface area contributed by atoms with Gasteiger partial charge in [0.2, 0.25) is 5.95 Å². The molecule has 0 amide bonds. The molecule has 0 bridgehead atoms. The summed E-state index contributed by atoms with van der Waals surface area (Å²) in [6.07, 6.45) is 4.81. The maximum atomic E-state index is 4.27. The summed E-state index contributed by atoms with van der Waals surface area (Å²) in [4.78, 5) is 8.36. The average Bonchev–Trinajstić information content (AvgIpc) is 2.33. The first-order valence-corrected chi connectivity index (χ1v) is 3.41. The van der Waals surface area contributed by atoms with Gasteiger partial charge in [-0.15, -0.1) is 0 Å². The number of aryl methyl sites for hydroxylation is 1. The van der Waals surface area contributed by atoms with Crippen LogP contribution in [-0.4, -0.2) is 15.3 Å². The molecular formula is C7H9N3. The van der Waals surface area contributed by atoms with Gasteiger partial charge in [0.25, 0.3) is 0 Å². The van der Waals surface area contributed by atoms with Crippen molar-refractivity contribution in [3.8, 4) is 0 Å². The van der Waals surface area contributed by atoms with Crippen molar-refractivity contribution in [2.75, 3.05) is 0 Å². The van der Waals surface area contributed by atoms with E-state index in [-0.39, 0.29) is 0 Å². The molecule has 1 aromatic rings. The average molecular weight is 135 g/mol. The van der Waals surface area contributed by atoms with E-state index < -0.39 is 0 Å². The monoisotopic (exact) mass is 135 g/mol. The Kier molecular flexibility index (Phi) is 1.09. The van der Waals surface area contributed by atoms with E-state index in [1.165, 1.54) is 5.71 Å². The Morgan fingerprint density at radius 1 is 1.60 bits per heavy atom. The number of hydrogen-bond donors (Lipinski definition) is 0. The van der Waals surface area contributed by atoms with E-state index in [4.69, 9.17) is 0 Å². The minimum absolute atomic E-state index is 0.851. The summed E-state index contributed by atoms with van der Waals surface area (Å²) >= 11 is 0. The predicted octanol–water partition coefficient (Wildman–Crippen LogP) is 1.38. The number of hydrogen-bond acceptors (Lipinski definition) is 2. The van der Waals surface area contributed by atoms with Crippen LogP contribution in [0.5, 0.6) is 0 Å². The second kappa shape index (κ2) is 1.94. The third-order valence-electron chi connectivity index (χ3n) is 1.70. The number of nitrogens with zero attached hydrogens (tertiary/aromatic N) is 3. The molecule has 1 aromatic heterocycles. The van der Waals surface area contributed by atoms with Crippen molar-refractivity contribution in [3.63, 3.8) is 0 Å². The van der Waals surface area contributed by atoms with Crippen molar-refractivity contribution in [2.45, 2.75) is 19.9 Å². The number of fused-ring (bicyclic) bond motifs is 1. The summed E-state index contributed by atoms with van der Waals surface area (Å²) < 4.78 is 2.06. The molecule has 0 unspecified atom stereocenters. The van der Waals surface area contributed by atoms with Crippen LogP contribution in [0.15, 0.2) is 17.4 Å². The van der Waals surface area contributed by atoms with Gasteiger partial charge in [0.1, 0.15) is 0 Å². The molecule has 2 heterocycles. The maximum Gasteiger partial charge on any atom is 0.229 e. The summed E-state index contributed by atoms with van der Waals surface area (Å²) in [7, 11) is 0. The zero-order valence-electron chi connectivity index (χ0n) is 5.91. The highest BCUT2D eigenvalue weighted by Crippen LogP contribution is 2.15. The van der Waals surface area contributed by atoms with Crippen LogP contribution >= 0.6 is 0 Å². The molecular weight excluding hydrogens is 126 g/mol. The van der Waals surface area contributed by atoms with Gasteiger partial charge in [-0.3, -0.25) is 0 Å². The summed E-state index contributed by atoms with van der Waals surface area (Å²) in [6.45, 7) is 3.07. The first-order valence-electron chi connectivity index (χ1n) is 3.41. The molecule has 2 rings (SSSR count). The minimum atomic E-state index is 0.851. The lowest BCUT2D eigenvalue weighted by molar-refractivity contribution is 0.707. The summed E-state index contributed by atoms with van der Waals surface area (Å²) in [6, 6.07) is 0. The Labute approximate surface area is 59.4 Å². The van der Waals surface area contributed by atoms with Crippen LogP contribution in [0, 0.1) is 0 Å². The fraction of sp³-hybridized carbons (Fsp3) is 0.429. The topological polar surface area (TPSA) is 30.2 Å². The largest absolute Gasteiger partial charge is 0.315 e. The molecule has 0 aliphatic carbocycles. The van der Waals surface area contributed by atoms with E-state index in [9.17, 15) is 0 Å². The molecule has 3 heteroatoms. The van der Waals surface area contributed by atoms with Crippen LogP contribution in [0.4, 0.5) is 5.95 Å². The molecule has 3 nitrogen and oxygen atoms in total. The van der Waals surface area contributed by atoms with E-state index in [1.54, 1.807) is 6.20 Å². The quantitative estimate of drug-likeness (QED) is 0.528. The molecule has 0 aromatic carbocycles. The lowest BCUT2D eigenvalue weighted by Gasteiger charge is -2.09. The van der Waals surface area contributed by atoms with Gasteiger partial charge < -0.3 is 4.57 Å². The molecule has 0 saturated heterocycles. The third-order valence-corrected chi connectivity index (χ3v) is 1.70. The molecule has 1 aliphatic rings. The van der Waals surface area contributed by atoms with E-state index in [1.807, 2.05) is 13.1 Å². The van der Waals surface area contributed by atoms with E-state index in [2.05, 4.69) is 14.5 Å². The third kappa shape index (κ3) is 0.744. The van der Waals surface area contributed by atoms with Crippen LogP contribution in [0.1, 0.15) is 13.3 Å². The van der Waals surface area contributed by atoms with Gasteiger partial charge in [-0.25, -0.2) is 9.98 Å². The van der Waals surface area contributed by atoms with E-state index >= 15 is 0 Å². The van der Waals surface area contributed by atoms with Crippen molar-refractivity contribution >= 4 is 11.7 Å². The van der Waals surface area contributed by atoms with Gasteiger partial charge in [-0.2, -0.15) is 0 Å². The number of aliphatic imine (C=N–C) groups is 1. The molecule has 0 radical (unpaired) electrons. The van der Waals surface area contributed by atoms with Gasteiger partial charge in [0.05, 0.1) is 0 Å². The lowest BCUT2D eigenvalue weighted by atomic mass is 10.3. The molecule has 0 fully saturated rings. The fourth-order valence-electron chi connectivity index (χ4n) is 1.10. The van der Waals surface area contributed by atoms with Crippen LogP contribution in [0.2, 0.25) is 0 Å². The SMILES string of the molecule is CC1=Nc2nccn2CC1. The van der Waals surface area contributed by atoms with Gasteiger partial charge in [0.15, 0.2) is 0 Å². The van der Waals surface area contributed by atoms with Crippen molar-refractivity contribution in [2.24, 2.45) is 4.99 Å². The summed E-state index contributed by atoms with van der Waals surface area (Å²) in [5.74, 6) is 0.851. The van der Waals surface area contributed by atoms with E-state index in [0.717, 1.165) is 18.9 Å². The Balaban J connectivity index is 2.50. The first kappa shape index (κ1) is 5.65. The Bertz CT molecular complexity index is 272. The molecule has 0 atom stereocenters. The lowest BCUT2D eigenvalue weighted by Crippen LogP contribution is -2.07. The molecule has 0 spiro atoms. The van der Waals surface area contributed by atoms with Gasteiger partial charge in [-0.05, 0) is 6.92 Å². The normalized spacial score (nSPS) is 16.3. The molecule has 0 saturated carbocycles. The zero-order valence-corrected chi connectivity index (χ0v) is 5.91. The standard InChI is InChI=1S/C7H9N3/c1-6-2-4-10-5-3-8-7(10)9-6/h3,5H,2,4H2,1H3. The smallest absolute Gasteiger partial charge is 0.229 e. The highest BCUT2D eigenvalue weighted by atomic mass is 15.2.